The molecule has 1 aromatic heterocycles. The molecule has 0 spiro atoms. The highest BCUT2D eigenvalue weighted by molar-refractivity contribution is 5.16. The normalized spacial score (nSPS) is 17.5. The van der Waals surface area contributed by atoms with Crippen molar-refractivity contribution in [1.29, 1.82) is 0 Å². The first-order valence-corrected chi connectivity index (χ1v) is 5.81. The molecule has 0 unspecified atom stereocenters. The Kier molecular flexibility index (Phi) is 3.44. The van der Waals surface area contributed by atoms with Gasteiger partial charge in [0.2, 0.25) is 0 Å². The minimum Gasteiger partial charge on any atom is -0.349 e. The maximum absolute atomic E-state index is 3.20. The Morgan fingerprint density at radius 2 is 1.87 bits per heavy atom. The molecule has 0 atom stereocenters. The topological polar surface area (TPSA) is 20.2 Å². The number of nitrogens with zero attached hydrogens (tertiary/aromatic N) is 2. The number of hydrogen-bond donors (Lipinski definition) is 1. The van der Waals surface area contributed by atoms with Crippen molar-refractivity contribution in [3.63, 3.8) is 0 Å². The van der Waals surface area contributed by atoms with Gasteiger partial charge >= 0.3 is 0 Å². The van der Waals surface area contributed by atoms with Crippen molar-refractivity contribution in [1.82, 2.24) is 14.8 Å². The molecule has 0 radical (unpaired) electrons. The Balaban J connectivity index is 2.01. The fraction of sp³-hybridized carbons (Fsp3) is 0.667. The van der Waals surface area contributed by atoms with E-state index >= 15 is 0 Å². The SMILES string of the molecule is CNCc1ccc(CN2CCCC2)n1C. The van der Waals surface area contributed by atoms with E-state index in [1.165, 1.54) is 37.3 Å². The molecule has 0 saturated carbocycles. The molecule has 1 aliphatic heterocycles. The Morgan fingerprint density at radius 1 is 1.20 bits per heavy atom. The maximum Gasteiger partial charge on any atom is 0.0387 e. The molecule has 1 aliphatic rings. The van der Waals surface area contributed by atoms with E-state index in [9.17, 15) is 0 Å². The van der Waals surface area contributed by atoms with E-state index in [1.54, 1.807) is 0 Å². The third-order valence-corrected chi connectivity index (χ3v) is 3.27. The van der Waals surface area contributed by atoms with Gasteiger partial charge in [-0.25, -0.2) is 0 Å². The van der Waals surface area contributed by atoms with Crippen LogP contribution in [0.1, 0.15) is 24.2 Å². The van der Waals surface area contributed by atoms with Gasteiger partial charge in [-0.05, 0) is 45.1 Å². The summed E-state index contributed by atoms with van der Waals surface area (Å²) in [5, 5.41) is 3.20. The van der Waals surface area contributed by atoms with Crippen molar-refractivity contribution >= 4 is 0 Å². The fourth-order valence-corrected chi connectivity index (χ4v) is 2.29. The average molecular weight is 207 g/mol. The Labute approximate surface area is 92.1 Å². The van der Waals surface area contributed by atoms with E-state index in [4.69, 9.17) is 0 Å². The van der Waals surface area contributed by atoms with Crippen molar-refractivity contribution in [3.05, 3.63) is 23.5 Å². The summed E-state index contributed by atoms with van der Waals surface area (Å²) < 4.78 is 2.31. The maximum atomic E-state index is 3.20. The Hall–Kier alpha value is -0.800. The second kappa shape index (κ2) is 4.81. The molecule has 1 N–H and O–H groups in total. The zero-order chi connectivity index (χ0) is 10.7. The van der Waals surface area contributed by atoms with Crippen LogP contribution >= 0.6 is 0 Å². The molecule has 0 aliphatic carbocycles. The van der Waals surface area contributed by atoms with E-state index in [2.05, 4.69) is 34.0 Å². The molecular formula is C12H21N3. The van der Waals surface area contributed by atoms with E-state index in [1.807, 2.05) is 7.05 Å². The molecule has 3 nitrogen and oxygen atoms in total. The Bertz CT molecular complexity index is 311. The molecule has 15 heavy (non-hydrogen) atoms. The lowest BCUT2D eigenvalue weighted by Crippen LogP contribution is -2.20. The van der Waals surface area contributed by atoms with Gasteiger partial charge in [0.15, 0.2) is 0 Å². The van der Waals surface area contributed by atoms with Crippen LogP contribution in [0.2, 0.25) is 0 Å². The van der Waals surface area contributed by atoms with Crippen LogP contribution in [0.25, 0.3) is 0 Å². The van der Waals surface area contributed by atoms with Crippen molar-refractivity contribution in [3.8, 4) is 0 Å². The van der Waals surface area contributed by atoms with E-state index in [0.29, 0.717) is 0 Å². The van der Waals surface area contributed by atoms with Crippen LogP contribution in [0.15, 0.2) is 12.1 Å². The molecule has 2 rings (SSSR count). The summed E-state index contributed by atoms with van der Waals surface area (Å²) >= 11 is 0. The highest BCUT2D eigenvalue weighted by atomic mass is 15.2. The highest BCUT2D eigenvalue weighted by Gasteiger charge is 2.13. The zero-order valence-electron chi connectivity index (χ0n) is 9.79. The van der Waals surface area contributed by atoms with E-state index in [0.717, 1.165) is 13.1 Å². The number of hydrogen-bond acceptors (Lipinski definition) is 2. The fourth-order valence-electron chi connectivity index (χ4n) is 2.29. The Morgan fingerprint density at radius 3 is 2.53 bits per heavy atom. The third kappa shape index (κ3) is 2.41. The summed E-state index contributed by atoms with van der Waals surface area (Å²) in [4.78, 5) is 2.54. The monoisotopic (exact) mass is 207 g/mol. The predicted octanol–water partition coefficient (Wildman–Crippen LogP) is 1.34. The number of rotatable bonds is 4. The number of likely N-dealkylation sites (tertiary alicyclic amines) is 1. The predicted molar refractivity (Wildman–Crippen MR) is 62.7 cm³/mol. The second-order valence-electron chi connectivity index (χ2n) is 4.39. The van der Waals surface area contributed by atoms with Gasteiger partial charge in [0.05, 0.1) is 0 Å². The first-order valence-electron chi connectivity index (χ1n) is 5.81. The molecule has 0 amide bonds. The highest BCUT2D eigenvalue weighted by Crippen LogP contribution is 2.14. The van der Waals surface area contributed by atoms with Gasteiger partial charge in [0, 0.05) is 31.5 Å². The van der Waals surface area contributed by atoms with E-state index in [-0.39, 0.29) is 0 Å². The van der Waals surface area contributed by atoms with Crippen LogP contribution in [0.3, 0.4) is 0 Å². The summed E-state index contributed by atoms with van der Waals surface area (Å²) in [5.74, 6) is 0. The molecule has 1 saturated heterocycles. The number of aromatic nitrogens is 1. The van der Waals surface area contributed by atoms with Gasteiger partial charge in [0.1, 0.15) is 0 Å². The molecule has 1 fully saturated rings. The summed E-state index contributed by atoms with van der Waals surface area (Å²) in [7, 11) is 4.16. The summed E-state index contributed by atoms with van der Waals surface area (Å²) in [6.45, 7) is 4.61. The second-order valence-corrected chi connectivity index (χ2v) is 4.39. The molecule has 1 aromatic rings. The van der Waals surface area contributed by atoms with Crippen molar-refractivity contribution in [2.24, 2.45) is 7.05 Å². The van der Waals surface area contributed by atoms with Crippen molar-refractivity contribution < 1.29 is 0 Å². The lowest BCUT2D eigenvalue weighted by molar-refractivity contribution is 0.323. The van der Waals surface area contributed by atoms with Gasteiger partial charge in [-0.1, -0.05) is 0 Å². The molecule has 0 bridgehead atoms. The largest absolute Gasteiger partial charge is 0.349 e. The molecule has 84 valence electrons. The van der Waals surface area contributed by atoms with Gasteiger partial charge in [0.25, 0.3) is 0 Å². The number of nitrogens with one attached hydrogen (secondary N) is 1. The van der Waals surface area contributed by atoms with Gasteiger partial charge < -0.3 is 9.88 Å². The van der Waals surface area contributed by atoms with Gasteiger partial charge in [-0.15, -0.1) is 0 Å². The van der Waals surface area contributed by atoms with Crippen LogP contribution in [0, 0.1) is 0 Å². The summed E-state index contributed by atoms with van der Waals surface area (Å²) in [6, 6.07) is 4.48. The van der Waals surface area contributed by atoms with Crippen molar-refractivity contribution in [2.45, 2.75) is 25.9 Å². The van der Waals surface area contributed by atoms with Crippen LogP contribution in [-0.4, -0.2) is 29.6 Å². The first kappa shape index (κ1) is 10.7. The molecule has 3 heteroatoms. The minimum atomic E-state index is 0.955. The van der Waals surface area contributed by atoms with Crippen LogP contribution in [0.4, 0.5) is 0 Å². The lowest BCUT2D eigenvalue weighted by atomic mass is 10.4. The standard InChI is InChI=1S/C12H21N3/c1-13-9-11-5-6-12(14(11)2)10-15-7-3-4-8-15/h5-6,13H,3-4,7-10H2,1-2H3. The van der Waals surface area contributed by atoms with Gasteiger partial charge in [-0.3, -0.25) is 4.90 Å². The van der Waals surface area contributed by atoms with E-state index < -0.39 is 0 Å². The molecule has 2 heterocycles. The smallest absolute Gasteiger partial charge is 0.0387 e. The first-order chi connectivity index (χ1) is 7.31. The quantitative estimate of drug-likeness (QED) is 0.804. The van der Waals surface area contributed by atoms with Crippen LogP contribution in [-0.2, 0) is 20.1 Å². The minimum absolute atomic E-state index is 0.955. The summed E-state index contributed by atoms with van der Waals surface area (Å²) in [6.07, 6.45) is 2.74. The van der Waals surface area contributed by atoms with Crippen molar-refractivity contribution in [2.75, 3.05) is 20.1 Å². The third-order valence-electron chi connectivity index (χ3n) is 3.27. The zero-order valence-corrected chi connectivity index (χ0v) is 9.79. The van der Waals surface area contributed by atoms with Crippen LogP contribution in [0.5, 0.6) is 0 Å². The molecule has 0 aromatic carbocycles. The van der Waals surface area contributed by atoms with Crippen LogP contribution < -0.4 is 5.32 Å². The average Bonchev–Trinajstić information content (AvgIpc) is 2.83. The summed E-state index contributed by atoms with van der Waals surface area (Å²) in [5.41, 5.74) is 2.80. The van der Waals surface area contributed by atoms with Gasteiger partial charge in [-0.2, -0.15) is 0 Å². The molecular weight excluding hydrogens is 186 g/mol. The lowest BCUT2D eigenvalue weighted by Gasteiger charge is -2.15.